The Labute approximate surface area is 195 Å². The van der Waals surface area contributed by atoms with Crippen LogP contribution in [0, 0.1) is 5.92 Å². The quantitative estimate of drug-likeness (QED) is 0.477. The van der Waals surface area contributed by atoms with Gasteiger partial charge >= 0.3 is 6.18 Å². The van der Waals surface area contributed by atoms with Gasteiger partial charge in [-0.15, -0.1) is 0 Å². The Hall–Kier alpha value is -3.14. The molecule has 2 aromatic heterocycles. The third kappa shape index (κ3) is 5.32. The van der Waals surface area contributed by atoms with Crippen molar-refractivity contribution >= 4 is 28.7 Å². The van der Waals surface area contributed by atoms with Gasteiger partial charge in [-0.05, 0) is 50.5 Å². The van der Waals surface area contributed by atoms with Gasteiger partial charge in [0.2, 0.25) is 11.9 Å². The van der Waals surface area contributed by atoms with Gasteiger partial charge in [0, 0.05) is 39.0 Å². The van der Waals surface area contributed by atoms with Crippen LogP contribution in [0.4, 0.5) is 24.9 Å². The lowest BCUT2D eigenvalue weighted by molar-refractivity contribution is -0.137. The van der Waals surface area contributed by atoms with Gasteiger partial charge in [0.05, 0.1) is 22.5 Å². The van der Waals surface area contributed by atoms with Crippen LogP contribution in [0.3, 0.4) is 0 Å². The maximum atomic E-state index is 13.5. The number of imidazole rings is 1. The van der Waals surface area contributed by atoms with E-state index in [0.717, 1.165) is 23.5 Å². The van der Waals surface area contributed by atoms with Gasteiger partial charge in [-0.3, -0.25) is 10.1 Å². The van der Waals surface area contributed by atoms with E-state index in [4.69, 9.17) is 4.74 Å². The van der Waals surface area contributed by atoms with Crippen LogP contribution >= 0.6 is 0 Å². The third-order valence-corrected chi connectivity index (χ3v) is 5.95. The first-order valence-corrected chi connectivity index (χ1v) is 11.5. The second kappa shape index (κ2) is 10.4. The predicted molar refractivity (Wildman–Crippen MR) is 124 cm³/mol. The summed E-state index contributed by atoms with van der Waals surface area (Å²) in [6.45, 7) is 4.37. The van der Waals surface area contributed by atoms with Gasteiger partial charge in [-0.25, -0.2) is 9.97 Å². The minimum Gasteiger partial charge on any atom is -0.382 e. The van der Waals surface area contributed by atoms with E-state index in [0.29, 0.717) is 45.1 Å². The van der Waals surface area contributed by atoms with E-state index in [1.807, 2.05) is 35.8 Å². The number of pyridine rings is 1. The summed E-state index contributed by atoms with van der Waals surface area (Å²) in [4.78, 5) is 23.3. The zero-order valence-corrected chi connectivity index (χ0v) is 19.0. The van der Waals surface area contributed by atoms with E-state index < -0.39 is 17.7 Å². The Bertz CT molecular complexity index is 1130. The molecule has 0 spiro atoms. The number of hydrogen-bond donors (Lipinski definition) is 1. The van der Waals surface area contributed by atoms with Crippen LogP contribution in [0.5, 0.6) is 0 Å². The van der Waals surface area contributed by atoms with Crippen molar-refractivity contribution < 1.29 is 22.7 Å². The highest BCUT2D eigenvalue weighted by Crippen LogP contribution is 2.36. The number of rotatable bonds is 8. The van der Waals surface area contributed by atoms with Crippen molar-refractivity contribution in [2.24, 2.45) is 5.92 Å². The SMILES string of the molecule is CCOCCCn1c(NC(=O)C2CCCN(c3ncccc3C(F)(F)F)C2)nc2ccccc21. The standard InChI is InChI=1S/C24H28F3N5O2/c1-2-34-15-7-14-32-20-11-4-3-10-19(20)29-23(32)30-22(33)17-8-6-13-31(16-17)21-18(24(25,26)27)9-5-12-28-21/h3-5,9-12,17H,2,6-8,13-16H2,1H3,(H,29,30,33). The minimum absolute atomic E-state index is 0.129. The molecule has 1 aromatic carbocycles. The van der Waals surface area contributed by atoms with Gasteiger partial charge in [-0.1, -0.05) is 12.1 Å². The molecule has 0 aliphatic carbocycles. The molecule has 0 saturated carbocycles. The zero-order chi connectivity index (χ0) is 24.1. The molecule has 7 nitrogen and oxygen atoms in total. The number of para-hydroxylation sites is 2. The summed E-state index contributed by atoms with van der Waals surface area (Å²) in [5, 5.41) is 2.93. The zero-order valence-electron chi connectivity index (χ0n) is 19.0. The molecule has 1 unspecified atom stereocenters. The fraction of sp³-hybridized carbons (Fsp3) is 0.458. The van der Waals surface area contributed by atoms with Crippen LogP contribution in [0.15, 0.2) is 42.6 Å². The summed E-state index contributed by atoms with van der Waals surface area (Å²) < 4.78 is 47.8. The average Bonchev–Trinajstić information content (AvgIpc) is 3.18. The van der Waals surface area contributed by atoms with E-state index in [9.17, 15) is 18.0 Å². The van der Waals surface area contributed by atoms with Crippen LogP contribution in [0.1, 0.15) is 31.7 Å². The second-order valence-corrected chi connectivity index (χ2v) is 8.27. The highest BCUT2D eigenvalue weighted by Gasteiger charge is 2.37. The molecule has 3 heterocycles. The van der Waals surface area contributed by atoms with Crippen LogP contribution in [-0.4, -0.2) is 46.7 Å². The van der Waals surface area contributed by atoms with Gasteiger partial charge in [-0.2, -0.15) is 13.2 Å². The average molecular weight is 476 g/mol. The van der Waals surface area contributed by atoms with Crippen molar-refractivity contribution in [2.45, 2.75) is 38.9 Å². The fourth-order valence-electron chi connectivity index (χ4n) is 4.33. The lowest BCUT2D eigenvalue weighted by Gasteiger charge is -2.34. The summed E-state index contributed by atoms with van der Waals surface area (Å²) in [6.07, 6.45) is -1.23. The van der Waals surface area contributed by atoms with Crippen molar-refractivity contribution in [1.29, 1.82) is 0 Å². The summed E-state index contributed by atoms with van der Waals surface area (Å²) in [6, 6.07) is 9.92. The number of aromatic nitrogens is 3. The van der Waals surface area contributed by atoms with Crippen LogP contribution in [0.25, 0.3) is 11.0 Å². The first kappa shape index (κ1) is 24.0. The lowest BCUT2D eigenvalue weighted by Crippen LogP contribution is -2.42. The Kier molecular flexibility index (Phi) is 7.35. The topological polar surface area (TPSA) is 72.3 Å². The van der Waals surface area contributed by atoms with Gasteiger partial charge in [0.1, 0.15) is 5.82 Å². The van der Waals surface area contributed by atoms with E-state index >= 15 is 0 Å². The summed E-state index contributed by atoms with van der Waals surface area (Å²) >= 11 is 0. The molecule has 0 radical (unpaired) electrons. The van der Waals surface area contributed by atoms with Crippen LogP contribution < -0.4 is 10.2 Å². The number of nitrogens with one attached hydrogen (secondary N) is 1. The molecule has 0 bridgehead atoms. The maximum Gasteiger partial charge on any atom is 0.419 e. The third-order valence-electron chi connectivity index (χ3n) is 5.95. The van der Waals surface area contributed by atoms with E-state index in [1.54, 1.807) is 4.90 Å². The van der Waals surface area contributed by atoms with E-state index in [-0.39, 0.29) is 18.3 Å². The molecular formula is C24H28F3N5O2. The molecule has 1 aliphatic rings. The van der Waals surface area contributed by atoms with Crippen LogP contribution in [0.2, 0.25) is 0 Å². The Balaban J connectivity index is 1.51. The first-order chi connectivity index (χ1) is 16.4. The monoisotopic (exact) mass is 475 g/mol. The first-order valence-electron chi connectivity index (χ1n) is 11.5. The summed E-state index contributed by atoms with van der Waals surface area (Å²) in [7, 11) is 0. The Morgan fingerprint density at radius 2 is 2.06 bits per heavy atom. The molecule has 3 aromatic rings. The number of fused-ring (bicyclic) bond motifs is 1. The molecule has 1 aliphatic heterocycles. The van der Waals surface area contributed by atoms with Gasteiger partial charge in [0.15, 0.2) is 0 Å². The number of ether oxygens (including phenoxy) is 1. The maximum absolute atomic E-state index is 13.5. The smallest absolute Gasteiger partial charge is 0.382 e. The predicted octanol–water partition coefficient (Wildman–Crippen LogP) is 4.73. The molecule has 1 fully saturated rings. The molecule has 1 saturated heterocycles. The van der Waals surface area contributed by atoms with E-state index in [1.165, 1.54) is 12.3 Å². The molecule has 1 atom stereocenters. The van der Waals surface area contributed by atoms with Crippen molar-refractivity contribution in [3.8, 4) is 0 Å². The summed E-state index contributed by atoms with van der Waals surface area (Å²) in [5.74, 6) is -0.423. The van der Waals surface area contributed by atoms with E-state index in [2.05, 4.69) is 15.3 Å². The Morgan fingerprint density at radius 1 is 1.24 bits per heavy atom. The fourth-order valence-corrected chi connectivity index (χ4v) is 4.33. The second-order valence-electron chi connectivity index (χ2n) is 8.27. The van der Waals surface area contributed by atoms with Crippen LogP contribution in [-0.2, 0) is 22.3 Å². The van der Waals surface area contributed by atoms with Gasteiger partial charge < -0.3 is 14.2 Å². The molecule has 34 heavy (non-hydrogen) atoms. The number of carbonyl (C=O) groups excluding carboxylic acids is 1. The number of hydrogen-bond acceptors (Lipinski definition) is 5. The molecule has 182 valence electrons. The number of piperidine rings is 1. The highest BCUT2D eigenvalue weighted by atomic mass is 19.4. The molecular weight excluding hydrogens is 447 g/mol. The number of halogens is 3. The lowest BCUT2D eigenvalue weighted by atomic mass is 9.96. The normalized spacial score (nSPS) is 16.7. The number of alkyl halides is 3. The molecule has 1 N–H and O–H groups in total. The number of benzene rings is 1. The van der Waals surface area contributed by atoms with Crippen molar-refractivity contribution in [1.82, 2.24) is 14.5 Å². The number of amides is 1. The van der Waals surface area contributed by atoms with Crippen molar-refractivity contribution in [2.75, 3.05) is 36.5 Å². The number of anilines is 2. The number of aryl methyl sites for hydroxylation is 1. The minimum atomic E-state index is -4.51. The largest absolute Gasteiger partial charge is 0.419 e. The molecule has 10 heteroatoms. The number of carbonyl (C=O) groups is 1. The number of nitrogens with zero attached hydrogens (tertiary/aromatic N) is 4. The Morgan fingerprint density at radius 3 is 2.85 bits per heavy atom. The van der Waals surface area contributed by atoms with Crippen molar-refractivity contribution in [3.63, 3.8) is 0 Å². The van der Waals surface area contributed by atoms with Gasteiger partial charge in [0.25, 0.3) is 0 Å². The molecule has 1 amide bonds. The summed E-state index contributed by atoms with van der Waals surface area (Å²) in [5.41, 5.74) is 0.887. The van der Waals surface area contributed by atoms with Crippen molar-refractivity contribution in [3.05, 3.63) is 48.2 Å². The highest BCUT2D eigenvalue weighted by molar-refractivity contribution is 5.93. The molecule has 4 rings (SSSR count).